The molecule has 0 unspecified atom stereocenters. The Hall–Kier alpha value is -1.42. The maximum Gasteiger partial charge on any atom is 0.222 e. The molecule has 0 saturated heterocycles. The number of carbonyl (C=O) groups is 1. The molecule has 0 aliphatic heterocycles. The second kappa shape index (κ2) is 6.66. The minimum Gasteiger partial charge on any atom is -0.343 e. The maximum absolute atomic E-state index is 12.2. The molecule has 1 aromatic rings. The molecule has 0 atom stereocenters. The first kappa shape index (κ1) is 14.0. The molecule has 1 heterocycles. The van der Waals surface area contributed by atoms with Crippen molar-refractivity contribution in [3.05, 3.63) is 30.1 Å². The van der Waals surface area contributed by atoms with Gasteiger partial charge in [-0.25, -0.2) is 0 Å². The second-order valence-corrected chi connectivity index (χ2v) is 5.43. The van der Waals surface area contributed by atoms with Gasteiger partial charge in [0.25, 0.3) is 0 Å². The number of carbonyl (C=O) groups excluding carboxylic acids is 1. The van der Waals surface area contributed by atoms with E-state index in [4.69, 9.17) is 5.73 Å². The highest BCUT2D eigenvalue weighted by molar-refractivity contribution is 5.76. The van der Waals surface area contributed by atoms with Gasteiger partial charge in [-0.3, -0.25) is 9.78 Å². The van der Waals surface area contributed by atoms with E-state index < -0.39 is 0 Å². The number of hydrogen-bond acceptors (Lipinski definition) is 3. The second-order valence-electron chi connectivity index (χ2n) is 5.43. The van der Waals surface area contributed by atoms with Crippen molar-refractivity contribution in [1.29, 1.82) is 0 Å². The van der Waals surface area contributed by atoms with Crippen LogP contribution in [0.3, 0.4) is 0 Å². The summed E-state index contributed by atoms with van der Waals surface area (Å²) in [5, 5.41) is 0. The van der Waals surface area contributed by atoms with Crippen LogP contribution in [0, 0.1) is 0 Å². The summed E-state index contributed by atoms with van der Waals surface area (Å²) in [6, 6.07) is 4.64. The van der Waals surface area contributed by atoms with E-state index in [1.807, 2.05) is 24.1 Å². The minimum atomic E-state index is 0.234. The first-order chi connectivity index (χ1) is 9.16. The highest BCUT2D eigenvalue weighted by Crippen LogP contribution is 2.21. The molecule has 4 nitrogen and oxygen atoms in total. The van der Waals surface area contributed by atoms with E-state index in [2.05, 4.69) is 4.98 Å². The predicted molar refractivity (Wildman–Crippen MR) is 75.6 cm³/mol. The number of nitrogens with two attached hydrogens (primary N) is 1. The molecular weight excluding hydrogens is 238 g/mol. The molecule has 1 aliphatic carbocycles. The van der Waals surface area contributed by atoms with E-state index in [0.717, 1.165) is 32.1 Å². The first-order valence-electron chi connectivity index (χ1n) is 7.07. The lowest BCUT2D eigenvalue weighted by Gasteiger charge is -2.33. The van der Waals surface area contributed by atoms with Crippen LogP contribution in [0.2, 0.25) is 0 Å². The Morgan fingerprint density at radius 3 is 2.58 bits per heavy atom. The summed E-state index contributed by atoms with van der Waals surface area (Å²) in [6.07, 6.45) is 9.05. The zero-order valence-electron chi connectivity index (χ0n) is 11.6. The molecule has 0 spiro atoms. The summed E-state index contributed by atoms with van der Waals surface area (Å²) >= 11 is 0. The van der Waals surface area contributed by atoms with E-state index in [-0.39, 0.29) is 5.91 Å². The van der Waals surface area contributed by atoms with E-state index >= 15 is 0 Å². The Labute approximate surface area is 115 Å². The minimum absolute atomic E-state index is 0.234. The van der Waals surface area contributed by atoms with Crippen molar-refractivity contribution in [2.45, 2.75) is 50.6 Å². The summed E-state index contributed by atoms with van der Waals surface area (Å²) in [4.78, 5) is 18.1. The van der Waals surface area contributed by atoms with Gasteiger partial charge in [-0.2, -0.15) is 0 Å². The zero-order valence-corrected chi connectivity index (χ0v) is 11.6. The first-order valence-corrected chi connectivity index (χ1v) is 7.07. The fourth-order valence-electron chi connectivity index (χ4n) is 2.67. The maximum atomic E-state index is 12.2. The highest BCUT2D eigenvalue weighted by Gasteiger charge is 2.24. The van der Waals surface area contributed by atoms with Crippen LogP contribution in [0.4, 0.5) is 0 Å². The molecule has 19 heavy (non-hydrogen) atoms. The number of aromatic nitrogens is 1. The molecule has 4 heteroatoms. The van der Waals surface area contributed by atoms with Gasteiger partial charge in [0.05, 0.1) is 0 Å². The van der Waals surface area contributed by atoms with Gasteiger partial charge in [-0.05, 0) is 49.8 Å². The van der Waals surface area contributed by atoms with E-state index in [1.165, 1.54) is 5.56 Å². The molecule has 0 aromatic carbocycles. The van der Waals surface area contributed by atoms with Crippen molar-refractivity contribution in [2.24, 2.45) is 5.73 Å². The van der Waals surface area contributed by atoms with Crippen LogP contribution < -0.4 is 5.73 Å². The van der Waals surface area contributed by atoms with Crippen molar-refractivity contribution >= 4 is 5.91 Å². The quantitative estimate of drug-likeness (QED) is 0.898. The summed E-state index contributed by atoms with van der Waals surface area (Å²) in [5.41, 5.74) is 7.07. The van der Waals surface area contributed by atoms with Crippen LogP contribution >= 0.6 is 0 Å². The Bertz CT molecular complexity index is 399. The van der Waals surface area contributed by atoms with Gasteiger partial charge in [-0.15, -0.1) is 0 Å². The number of nitrogens with zero attached hydrogens (tertiary/aromatic N) is 2. The average Bonchev–Trinajstić information content (AvgIpc) is 2.46. The lowest BCUT2D eigenvalue weighted by atomic mass is 9.91. The van der Waals surface area contributed by atoms with Crippen molar-refractivity contribution in [3.63, 3.8) is 0 Å². The van der Waals surface area contributed by atoms with Crippen LogP contribution in [0.5, 0.6) is 0 Å². The van der Waals surface area contributed by atoms with E-state index in [1.54, 1.807) is 12.4 Å². The molecule has 1 aromatic heterocycles. The average molecular weight is 261 g/mol. The van der Waals surface area contributed by atoms with Crippen LogP contribution in [-0.2, 0) is 11.2 Å². The third-order valence-corrected chi connectivity index (χ3v) is 4.06. The van der Waals surface area contributed by atoms with Gasteiger partial charge in [0.15, 0.2) is 0 Å². The number of pyridine rings is 1. The standard InChI is InChI=1S/C15H23N3O/c1-18(14-5-3-13(16)4-6-14)15(19)7-2-12-8-10-17-11-9-12/h8-11,13-14H,2-7,16H2,1H3. The third kappa shape index (κ3) is 4.03. The summed E-state index contributed by atoms with van der Waals surface area (Å²) in [7, 11) is 1.93. The van der Waals surface area contributed by atoms with Gasteiger partial charge in [-0.1, -0.05) is 0 Å². The third-order valence-electron chi connectivity index (χ3n) is 4.06. The van der Waals surface area contributed by atoms with E-state index in [9.17, 15) is 4.79 Å². The Morgan fingerprint density at radius 2 is 1.95 bits per heavy atom. The summed E-state index contributed by atoms with van der Waals surface area (Å²) in [5.74, 6) is 0.234. The lowest BCUT2D eigenvalue weighted by Crippen LogP contribution is -2.41. The predicted octanol–water partition coefficient (Wildman–Crippen LogP) is 1.74. The van der Waals surface area contributed by atoms with Crippen LogP contribution in [0.1, 0.15) is 37.7 Å². The van der Waals surface area contributed by atoms with E-state index in [0.29, 0.717) is 18.5 Å². The number of hydrogen-bond donors (Lipinski definition) is 1. The molecule has 0 radical (unpaired) electrons. The summed E-state index contributed by atoms with van der Waals surface area (Å²) < 4.78 is 0. The Kier molecular flexibility index (Phi) is 4.91. The van der Waals surface area contributed by atoms with Gasteiger partial charge < -0.3 is 10.6 Å². The van der Waals surface area contributed by atoms with Crippen LogP contribution in [0.15, 0.2) is 24.5 Å². The molecular formula is C15H23N3O. The summed E-state index contributed by atoms with van der Waals surface area (Å²) in [6.45, 7) is 0. The van der Waals surface area contributed by atoms with Crippen molar-refractivity contribution < 1.29 is 4.79 Å². The van der Waals surface area contributed by atoms with Crippen molar-refractivity contribution in [2.75, 3.05) is 7.05 Å². The van der Waals surface area contributed by atoms with Gasteiger partial charge in [0, 0.05) is 37.9 Å². The van der Waals surface area contributed by atoms with Gasteiger partial charge in [0.1, 0.15) is 0 Å². The lowest BCUT2D eigenvalue weighted by molar-refractivity contribution is -0.132. The topological polar surface area (TPSA) is 59.2 Å². The number of amides is 1. The molecule has 104 valence electrons. The number of aryl methyl sites for hydroxylation is 1. The van der Waals surface area contributed by atoms with Gasteiger partial charge in [0.2, 0.25) is 5.91 Å². The molecule has 1 saturated carbocycles. The molecule has 2 N–H and O–H groups in total. The highest BCUT2D eigenvalue weighted by atomic mass is 16.2. The fourth-order valence-corrected chi connectivity index (χ4v) is 2.67. The molecule has 2 rings (SSSR count). The largest absolute Gasteiger partial charge is 0.343 e. The fraction of sp³-hybridized carbons (Fsp3) is 0.600. The molecule has 1 fully saturated rings. The van der Waals surface area contributed by atoms with Crippen molar-refractivity contribution in [1.82, 2.24) is 9.88 Å². The molecule has 1 aliphatic rings. The zero-order chi connectivity index (χ0) is 13.7. The van der Waals surface area contributed by atoms with Gasteiger partial charge >= 0.3 is 0 Å². The smallest absolute Gasteiger partial charge is 0.222 e. The normalized spacial score (nSPS) is 23.1. The van der Waals surface area contributed by atoms with Crippen LogP contribution in [0.25, 0.3) is 0 Å². The SMILES string of the molecule is CN(C(=O)CCc1ccncc1)C1CCC(N)CC1. The Morgan fingerprint density at radius 1 is 1.32 bits per heavy atom. The Balaban J connectivity index is 1.79. The molecule has 1 amide bonds. The monoisotopic (exact) mass is 261 g/mol. The van der Waals surface area contributed by atoms with Crippen LogP contribution in [-0.4, -0.2) is 34.9 Å². The molecule has 0 bridgehead atoms. The van der Waals surface area contributed by atoms with Crippen molar-refractivity contribution in [3.8, 4) is 0 Å². The number of rotatable bonds is 4.